The second-order valence-electron chi connectivity index (χ2n) is 6.23. The van der Waals surface area contributed by atoms with Crippen LogP contribution in [0.3, 0.4) is 0 Å². The lowest BCUT2D eigenvalue weighted by atomic mass is 10.1. The van der Waals surface area contributed by atoms with Gasteiger partial charge in [0.25, 0.3) is 5.69 Å². The highest BCUT2D eigenvalue weighted by Gasteiger charge is 2.16. The highest BCUT2D eigenvalue weighted by molar-refractivity contribution is 9.10. The molecule has 0 aliphatic heterocycles. The molecule has 0 saturated heterocycles. The molecular formula is C20H22BrN3O5. The summed E-state index contributed by atoms with van der Waals surface area (Å²) in [7, 11) is 1.54. The van der Waals surface area contributed by atoms with Crippen LogP contribution < -0.4 is 14.9 Å². The van der Waals surface area contributed by atoms with Crippen molar-refractivity contribution < 1.29 is 19.2 Å². The average molecular weight is 464 g/mol. The van der Waals surface area contributed by atoms with E-state index in [1.165, 1.54) is 12.3 Å². The van der Waals surface area contributed by atoms with E-state index in [0.29, 0.717) is 27.1 Å². The zero-order valence-electron chi connectivity index (χ0n) is 16.3. The number of benzene rings is 2. The van der Waals surface area contributed by atoms with E-state index in [9.17, 15) is 14.9 Å². The van der Waals surface area contributed by atoms with Crippen LogP contribution in [-0.4, -0.2) is 30.3 Å². The van der Waals surface area contributed by atoms with E-state index in [1.807, 2.05) is 13.8 Å². The molecule has 2 aromatic carbocycles. The molecule has 1 N–H and O–H groups in total. The van der Waals surface area contributed by atoms with Gasteiger partial charge >= 0.3 is 0 Å². The standard InChI is InChI=1S/C20H22BrN3O5/c1-4-13(2)29-20-16(21)9-14(10-18(20)28-3)12-22-23-19(25)11-15-7-5-6-8-17(15)24(26)27/h5-10,12-13H,4,11H2,1-3H3,(H,23,25). The third-order valence-corrected chi connectivity index (χ3v) is 4.68. The summed E-state index contributed by atoms with van der Waals surface area (Å²) in [5.41, 5.74) is 3.28. The summed E-state index contributed by atoms with van der Waals surface area (Å²) in [6, 6.07) is 9.62. The van der Waals surface area contributed by atoms with Gasteiger partial charge in [-0.3, -0.25) is 14.9 Å². The number of hydrazone groups is 1. The number of carbonyl (C=O) groups excluding carboxylic acids is 1. The van der Waals surface area contributed by atoms with Gasteiger partial charge in [0.05, 0.1) is 35.2 Å². The molecule has 1 atom stereocenters. The second-order valence-corrected chi connectivity index (χ2v) is 7.08. The van der Waals surface area contributed by atoms with Crippen molar-refractivity contribution in [1.29, 1.82) is 0 Å². The van der Waals surface area contributed by atoms with Crippen molar-refractivity contribution in [3.8, 4) is 11.5 Å². The van der Waals surface area contributed by atoms with Crippen molar-refractivity contribution in [2.24, 2.45) is 5.10 Å². The van der Waals surface area contributed by atoms with Gasteiger partial charge in [-0.2, -0.15) is 5.10 Å². The number of nitrogens with zero attached hydrogens (tertiary/aromatic N) is 2. The lowest BCUT2D eigenvalue weighted by molar-refractivity contribution is -0.385. The van der Waals surface area contributed by atoms with E-state index in [-0.39, 0.29) is 18.2 Å². The maximum atomic E-state index is 12.1. The number of para-hydroxylation sites is 1. The minimum absolute atomic E-state index is 0.0287. The van der Waals surface area contributed by atoms with Crippen molar-refractivity contribution in [1.82, 2.24) is 5.43 Å². The summed E-state index contributed by atoms with van der Waals surface area (Å²) in [5, 5.41) is 14.9. The number of nitro benzene ring substituents is 1. The minimum atomic E-state index is -0.515. The topological polar surface area (TPSA) is 103 Å². The van der Waals surface area contributed by atoms with Crippen LogP contribution in [0.4, 0.5) is 5.69 Å². The van der Waals surface area contributed by atoms with E-state index < -0.39 is 10.8 Å². The maximum Gasteiger partial charge on any atom is 0.273 e. The molecule has 0 heterocycles. The van der Waals surface area contributed by atoms with E-state index in [2.05, 4.69) is 26.5 Å². The Bertz CT molecular complexity index is 917. The van der Waals surface area contributed by atoms with Gasteiger partial charge in [-0.15, -0.1) is 0 Å². The Hall–Kier alpha value is -2.94. The Labute approximate surface area is 177 Å². The Morgan fingerprint density at radius 1 is 1.38 bits per heavy atom. The van der Waals surface area contributed by atoms with Gasteiger partial charge < -0.3 is 9.47 Å². The lowest BCUT2D eigenvalue weighted by Gasteiger charge is -2.17. The lowest BCUT2D eigenvalue weighted by Crippen LogP contribution is -2.20. The first-order valence-corrected chi connectivity index (χ1v) is 9.73. The molecule has 2 rings (SSSR count). The molecule has 0 radical (unpaired) electrons. The number of nitro groups is 1. The van der Waals surface area contributed by atoms with Crippen LogP contribution in [0.25, 0.3) is 0 Å². The number of amides is 1. The van der Waals surface area contributed by atoms with E-state index >= 15 is 0 Å². The zero-order valence-corrected chi connectivity index (χ0v) is 17.9. The highest BCUT2D eigenvalue weighted by atomic mass is 79.9. The van der Waals surface area contributed by atoms with Gasteiger partial charge in [-0.05, 0) is 47.0 Å². The van der Waals surface area contributed by atoms with E-state index in [0.717, 1.165) is 6.42 Å². The van der Waals surface area contributed by atoms with Crippen LogP contribution in [0.5, 0.6) is 11.5 Å². The Balaban J connectivity index is 2.07. The third kappa shape index (κ3) is 6.28. The molecule has 1 unspecified atom stereocenters. The maximum absolute atomic E-state index is 12.1. The molecule has 0 fully saturated rings. The zero-order chi connectivity index (χ0) is 21.4. The van der Waals surface area contributed by atoms with Crippen LogP contribution >= 0.6 is 15.9 Å². The molecule has 1 amide bonds. The Morgan fingerprint density at radius 3 is 2.76 bits per heavy atom. The Kier molecular flexibility index (Phi) is 8.14. The van der Waals surface area contributed by atoms with Gasteiger partial charge in [0.15, 0.2) is 11.5 Å². The molecule has 0 aromatic heterocycles. The van der Waals surface area contributed by atoms with E-state index in [1.54, 1.807) is 37.4 Å². The summed E-state index contributed by atoms with van der Waals surface area (Å²) in [6.45, 7) is 3.99. The van der Waals surface area contributed by atoms with Crippen molar-refractivity contribution in [3.05, 3.63) is 62.1 Å². The van der Waals surface area contributed by atoms with E-state index in [4.69, 9.17) is 9.47 Å². The van der Waals surface area contributed by atoms with Gasteiger partial charge in [-0.1, -0.05) is 25.1 Å². The molecule has 154 valence electrons. The summed E-state index contributed by atoms with van der Waals surface area (Å²) in [4.78, 5) is 22.6. The molecule has 8 nitrogen and oxygen atoms in total. The second kappa shape index (κ2) is 10.6. The van der Waals surface area contributed by atoms with Crippen LogP contribution in [0.2, 0.25) is 0 Å². The molecule has 0 spiro atoms. The first-order chi connectivity index (χ1) is 13.8. The number of hydrogen-bond donors (Lipinski definition) is 1. The molecule has 0 aliphatic rings. The minimum Gasteiger partial charge on any atom is -0.493 e. The van der Waals surface area contributed by atoms with Gasteiger partial charge in [-0.25, -0.2) is 5.43 Å². The predicted octanol–water partition coefficient (Wildman–Crippen LogP) is 4.24. The summed E-state index contributed by atoms with van der Waals surface area (Å²) >= 11 is 3.47. The summed E-state index contributed by atoms with van der Waals surface area (Å²) in [5.74, 6) is 0.671. The van der Waals surface area contributed by atoms with Crippen LogP contribution in [-0.2, 0) is 11.2 Å². The van der Waals surface area contributed by atoms with Gasteiger partial charge in [0.2, 0.25) is 5.91 Å². The third-order valence-electron chi connectivity index (χ3n) is 4.09. The smallest absolute Gasteiger partial charge is 0.273 e. The van der Waals surface area contributed by atoms with Crippen LogP contribution in [0, 0.1) is 10.1 Å². The monoisotopic (exact) mass is 463 g/mol. The van der Waals surface area contributed by atoms with Gasteiger partial charge in [0, 0.05) is 11.6 Å². The number of halogens is 1. The number of hydrogen-bond acceptors (Lipinski definition) is 6. The normalized spacial score (nSPS) is 11.9. The fourth-order valence-corrected chi connectivity index (χ4v) is 3.00. The van der Waals surface area contributed by atoms with Crippen molar-refractivity contribution in [3.63, 3.8) is 0 Å². The number of carbonyl (C=O) groups is 1. The molecule has 29 heavy (non-hydrogen) atoms. The average Bonchev–Trinajstić information content (AvgIpc) is 2.69. The number of methoxy groups -OCH3 is 1. The predicted molar refractivity (Wildman–Crippen MR) is 114 cm³/mol. The van der Waals surface area contributed by atoms with Crippen molar-refractivity contribution in [2.45, 2.75) is 32.8 Å². The molecule has 9 heteroatoms. The quantitative estimate of drug-likeness (QED) is 0.340. The first-order valence-electron chi connectivity index (χ1n) is 8.94. The number of ether oxygens (including phenoxy) is 2. The largest absolute Gasteiger partial charge is 0.493 e. The summed E-state index contributed by atoms with van der Waals surface area (Å²) in [6.07, 6.45) is 2.19. The summed E-state index contributed by atoms with van der Waals surface area (Å²) < 4.78 is 12.0. The first kappa shape index (κ1) is 22.4. The SMILES string of the molecule is CCC(C)Oc1c(Br)cc(C=NNC(=O)Cc2ccccc2[N+](=O)[O-])cc1OC. The fraction of sp³-hybridized carbons (Fsp3) is 0.300. The fourth-order valence-electron chi connectivity index (χ4n) is 2.44. The van der Waals surface area contributed by atoms with Crippen molar-refractivity contribution in [2.75, 3.05) is 7.11 Å². The Morgan fingerprint density at radius 2 is 2.10 bits per heavy atom. The molecule has 0 bridgehead atoms. The molecular weight excluding hydrogens is 442 g/mol. The van der Waals surface area contributed by atoms with Crippen molar-refractivity contribution >= 4 is 33.7 Å². The number of nitrogens with one attached hydrogen (secondary N) is 1. The van der Waals surface area contributed by atoms with Crippen LogP contribution in [0.15, 0.2) is 46.0 Å². The van der Waals surface area contributed by atoms with Crippen LogP contribution in [0.1, 0.15) is 31.4 Å². The van der Waals surface area contributed by atoms with Gasteiger partial charge in [0.1, 0.15) is 0 Å². The molecule has 0 aliphatic carbocycles. The molecule has 2 aromatic rings. The number of rotatable bonds is 9. The highest BCUT2D eigenvalue weighted by Crippen LogP contribution is 2.37. The molecule has 0 saturated carbocycles.